The molecule has 1 aromatic heterocycles. The van der Waals surface area contributed by atoms with E-state index in [0.29, 0.717) is 5.92 Å². The van der Waals surface area contributed by atoms with Gasteiger partial charge in [-0.25, -0.2) is 9.37 Å². The molecule has 1 aromatic carbocycles. The van der Waals surface area contributed by atoms with E-state index >= 15 is 0 Å². The molecule has 3 saturated heterocycles. The van der Waals surface area contributed by atoms with Gasteiger partial charge in [0.1, 0.15) is 17.8 Å². The van der Waals surface area contributed by atoms with Gasteiger partial charge in [-0.3, -0.25) is 4.79 Å². The summed E-state index contributed by atoms with van der Waals surface area (Å²) in [4.78, 5) is 18.6. The normalized spacial score (nSPS) is 25.5. The van der Waals surface area contributed by atoms with Gasteiger partial charge >= 0.3 is 11.9 Å². The van der Waals surface area contributed by atoms with Crippen LogP contribution >= 0.6 is 0 Å². The Morgan fingerprint density at radius 2 is 2.21 bits per heavy atom. The zero-order chi connectivity index (χ0) is 16.5. The number of piperidine rings is 3. The Bertz CT molecular complexity index is 740. The van der Waals surface area contributed by atoms with Gasteiger partial charge in [-0.2, -0.15) is 0 Å². The highest BCUT2D eigenvalue weighted by Crippen LogP contribution is 2.28. The summed E-state index contributed by atoms with van der Waals surface area (Å²) >= 11 is 0. The standard InChI is InChI=1S/C17H18FN3O3/c18-12-2-1-3-13(8-12)23-15-9-19-17(24-15)16(22)20-14-10-21-6-4-11(14)5-7-21/h1-3,8-9,11,14H,4-7,10H2,(H,20,22). The Kier molecular flexibility index (Phi) is 3.93. The smallest absolute Gasteiger partial charge is 0.311 e. The molecule has 4 heterocycles. The van der Waals surface area contributed by atoms with Crippen molar-refractivity contribution in [2.75, 3.05) is 19.6 Å². The molecule has 1 unspecified atom stereocenters. The number of fused-ring (bicyclic) bond motifs is 3. The molecule has 6 nitrogen and oxygen atoms in total. The lowest BCUT2D eigenvalue weighted by atomic mass is 9.84. The van der Waals surface area contributed by atoms with E-state index in [1.54, 1.807) is 6.07 Å². The Morgan fingerprint density at radius 1 is 1.38 bits per heavy atom. The van der Waals surface area contributed by atoms with Crippen molar-refractivity contribution in [3.63, 3.8) is 0 Å². The molecule has 0 saturated carbocycles. The Hall–Kier alpha value is -2.41. The fourth-order valence-corrected chi connectivity index (χ4v) is 3.42. The van der Waals surface area contributed by atoms with Crippen LogP contribution < -0.4 is 10.1 Å². The first-order valence-electron chi connectivity index (χ1n) is 8.10. The van der Waals surface area contributed by atoms with Crippen LogP contribution in [0.5, 0.6) is 11.7 Å². The zero-order valence-corrected chi connectivity index (χ0v) is 13.1. The first-order chi connectivity index (χ1) is 11.7. The Morgan fingerprint density at radius 3 is 2.92 bits per heavy atom. The topological polar surface area (TPSA) is 67.6 Å². The molecule has 3 fully saturated rings. The van der Waals surface area contributed by atoms with Crippen LogP contribution in [-0.2, 0) is 0 Å². The van der Waals surface area contributed by atoms with E-state index in [1.807, 2.05) is 0 Å². The predicted molar refractivity (Wildman–Crippen MR) is 83.4 cm³/mol. The highest BCUT2D eigenvalue weighted by molar-refractivity contribution is 5.89. The second kappa shape index (κ2) is 6.24. The van der Waals surface area contributed by atoms with Crippen LogP contribution in [0.25, 0.3) is 0 Å². The molecule has 1 atom stereocenters. The van der Waals surface area contributed by atoms with E-state index in [0.717, 1.165) is 32.5 Å². The van der Waals surface area contributed by atoms with Crippen molar-refractivity contribution < 1.29 is 18.3 Å². The van der Waals surface area contributed by atoms with Crippen molar-refractivity contribution in [3.05, 3.63) is 42.2 Å². The number of aromatic nitrogens is 1. The van der Waals surface area contributed by atoms with Crippen LogP contribution in [0.4, 0.5) is 4.39 Å². The van der Waals surface area contributed by atoms with Crippen LogP contribution in [0.1, 0.15) is 23.5 Å². The van der Waals surface area contributed by atoms with Crippen LogP contribution in [0.15, 0.2) is 34.9 Å². The maximum Gasteiger partial charge on any atom is 0.311 e. The number of nitrogens with zero attached hydrogens (tertiary/aromatic N) is 2. The number of hydrogen-bond acceptors (Lipinski definition) is 5. The summed E-state index contributed by atoms with van der Waals surface area (Å²) in [5.74, 6) is 0.0696. The van der Waals surface area contributed by atoms with E-state index in [-0.39, 0.29) is 29.5 Å². The molecule has 0 spiro atoms. The molecule has 1 N–H and O–H groups in total. The van der Waals surface area contributed by atoms with E-state index in [9.17, 15) is 9.18 Å². The van der Waals surface area contributed by atoms with E-state index < -0.39 is 5.82 Å². The predicted octanol–water partition coefficient (Wildman–Crippen LogP) is 2.43. The number of nitrogens with one attached hydrogen (secondary N) is 1. The van der Waals surface area contributed by atoms with Crippen LogP contribution in [0.3, 0.4) is 0 Å². The largest absolute Gasteiger partial charge is 0.425 e. The molecule has 0 radical (unpaired) electrons. The summed E-state index contributed by atoms with van der Waals surface area (Å²) in [7, 11) is 0. The highest BCUT2D eigenvalue weighted by Gasteiger charge is 2.35. The average molecular weight is 331 g/mol. The molecule has 126 valence electrons. The lowest BCUT2D eigenvalue weighted by Crippen LogP contribution is -2.57. The molecule has 2 bridgehead atoms. The lowest BCUT2D eigenvalue weighted by Gasteiger charge is -2.44. The molecule has 2 aromatic rings. The van der Waals surface area contributed by atoms with Gasteiger partial charge in [-0.05, 0) is 44.0 Å². The van der Waals surface area contributed by atoms with Gasteiger partial charge in [-0.1, -0.05) is 6.07 Å². The average Bonchev–Trinajstić information content (AvgIpc) is 3.05. The maximum absolute atomic E-state index is 13.1. The zero-order valence-electron chi connectivity index (χ0n) is 13.1. The summed E-state index contributed by atoms with van der Waals surface area (Å²) in [5, 5.41) is 3.00. The van der Waals surface area contributed by atoms with Crippen molar-refractivity contribution in [1.29, 1.82) is 0 Å². The summed E-state index contributed by atoms with van der Waals surface area (Å²) in [6, 6.07) is 5.82. The maximum atomic E-state index is 13.1. The first-order valence-corrected chi connectivity index (χ1v) is 8.10. The number of hydrogen-bond donors (Lipinski definition) is 1. The van der Waals surface area contributed by atoms with Gasteiger partial charge in [0.05, 0.1) is 0 Å². The molecule has 24 heavy (non-hydrogen) atoms. The van der Waals surface area contributed by atoms with Gasteiger partial charge in [-0.15, -0.1) is 0 Å². The summed E-state index contributed by atoms with van der Waals surface area (Å²) in [6.07, 6.45) is 3.55. The minimum absolute atomic E-state index is 0.0437. The Labute approximate surface area is 138 Å². The Balaban J connectivity index is 1.40. The monoisotopic (exact) mass is 331 g/mol. The second-order valence-corrected chi connectivity index (χ2v) is 6.26. The fourth-order valence-electron chi connectivity index (χ4n) is 3.42. The van der Waals surface area contributed by atoms with Crippen molar-refractivity contribution >= 4 is 5.91 Å². The number of oxazole rings is 1. The molecule has 5 rings (SSSR count). The van der Waals surface area contributed by atoms with Crippen molar-refractivity contribution in [3.8, 4) is 11.7 Å². The summed E-state index contributed by atoms with van der Waals surface area (Å²) in [6.45, 7) is 3.10. The van der Waals surface area contributed by atoms with Crippen LogP contribution in [0.2, 0.25) is 0 Å². The van der Waals surface area contributed by atoms with Crippen LogP contribution in [0, 0.1) is 11.7 Å². The SMILES string of the molecule is O=C(NC1CN2CCC1CC2)c1ncc(Oc2cccc(F)c2)o1. The van der Waals surface area contributed by atoms with Crippen molar-refractivity contribution in [1.82, 2.24) is 15.2 Å². The number of rotatable bonds is 4. The fraction of sp³-hybridized carbons (Fsp3) is 0.412. The molecular formula is C17H18FN3O3. The van der Waals surface area contributed by atoms with E-state index in [1.165, 1.54) is 24.4 Å². The number of halogens is 1. The number of carbonyl (C=O) groups excluding carboxylic acids is 1. The van der Waals surface area contributed by atoms with Crippen LogP contribution in [-0.4, -0.2) is 41.5 Å². The number of amides is 1. The number of ether oxygens (including phenoxy) is 1. The van der Waals surface area contributed by atoms with Gasteiger partial charge in [0, 0.05) is 18.7 Å². The summed E-state index contributed by atoms with van der Waals surface area (Å²) < 4.78 is 23.8. The molecule has 0 aliphatic carbocycles. The molecule has 3 aliphatic rings. The molecular weight excluding hydrogens is 313 g/mol. The summed E-state index contributed by atoms with van der Waals surface area (Å²) in [5.41, 5.74) is 0. The third kappa shape index (κ3) is 3.12. The lowest BCUT2D eigenvalue weighted by molar-refractivity contribution is 0.0599. The number of benzene rings is 1. The van der Waals surface area contributed by atoms with Gasteiger partial charge in [0.2, 0.25) is 0 Å². The van der Waals surface area contributed by atoms with E-state index in [2.05, 4.69) is 15.2 Å². The highest BCUT2D eigenvalue weighted by atomic mass is 19.1. The minimum atomic E-state index is -0.410. The molecule has 7 heteroatoms. The third-order valence-electron chi connectivity index (χ3n) is 4.67. The number of carbonyl (C=O) groups is 1. The quantitative estimate of drug-likeness (QED) is 0.932. The first kappa shape index (κ1) is 15.1. The van der Waals surface area contributed by atoms with Gasteiger partial charge in [0.15, 0.2) is 0 Å². The molecule has 3 aliphatic heterocycles. The van der Waals surface area contributed by atoms with E-state index in [4.69, 9.17) is 9.15 Å². The van der Waals surface area contributed by atoms with Gasteiger partial charge in [0.25, 0.3) is 5.89 Å². The van der Waals surface area contributed by atoms with Crippen molar-refractivity contribution in [2.24, 2.45) is 5.92 Å². The third-order valence-corrected chi connectivity index (χ3v) is 4.67. The second-order valence-electron chi connectivity index (χ2n) is 6.26. The van der Waals surface area contributed by atoms with Gasteiger partial charge < -0.3 is 19.4 Å². The minimum Gasteiger partial charge on any atom is -0.425 e. The van der Waals surface area contributed by atoms with Crippen molar-refractivity contribution in [2.45, 2.75) is 18.9 Å². The molecule has 1 amide bonds.